The minimum atomic E-state index is -3.69. The van der Waals surface area contributed by atoms with Gasteiger partial charge in [-0.15, -0.1) is 4.41 Å². The van der Waals surface area contributed by atoms with Crippen molar-refractivity contribution in [3.05, 3.63) is 42.0 Å². The summed E-state index contributed by atoms with van der Waals surface area (Å²) in [6, 6.07) is 9.56. The molecule has 9 heteroatoms. The van der Waals surface area contributed by atoms with E-state index in [1.165, 1.54) is 6.42 Å². The Bertz CT molecular complexity index is 928. The Morgan fingerprint density at radius 3 is 2.31 bits per heavy atom. The third-order valence-electron chi connectivity index (χ3n) is 6.60. The van der Waals surface area contributed by atoms with Crippen LogP contribution in [-0.4, -0.2) is 42.7 Å². The summed E-state index contributed by atoms with van der Waals surface area (Å²) in [4.78, 5) is 26.0. The molecule has 0 saturated heterocycles. The van der Waals surface area contributed by atoms with Crippen LogP contribution in [0.4, 0.5) is 0 Å². The number of rotatable bonds is 13. The number of benzene rings is 1. The van der Waals surface area contributed by atoms with Crippen LogP contribution >= 0.6 is 0 Å². The van der Waals surface area contributed by atoms with Crippen LogP contribution in [-0.2, 0) is 19.6 Å². The largest absolute Gasteiger partial charge is 0.289 e. The van der Waals surface area contributed by atoms with E-state index >= 15 is 0 Å². The van der Waals surface area contributed by atoms with Gasteiger partial charge in [-0.3, -0.25) is 20.2 Å². The van der Waals surface area contributed by atoms with E-state index in [1.54, 1.807) is 11.6 Å². The third-order valence-corrected chi connectivity index (χ3v) is 7.67. The van der Waals surface area contributed by atoms with Crippen LogP contribution in [0.2, 0.25) is 0 Å². The van der Waals surface area contributed by atoms with Gasteiger partial charge < -0.3 is 0 Å². The second-order valence-corrected chi connectivity index (χ2v) is 11.9. The van der Waals surface area contributed by atoms with Crippen LogP contribution in [0.5, 0.6) is 0 Å². The molecule has 1 fully saturated rings. The van der Waals surface area contributed by atoms with E-state index < -0.39 is 33.7 Å². The zero-order valence-corrected chi connectivity index (χ0v) is 22.0. The molecule has 1 saturated carbocycles. The normalized spacial score (nSPS) is 17.0. The Labute approximate surface area is 210 Å². The summed E-state index contributed by atoms with van der Waals surface area (Å²) in [5.41, 5.74) is 5.23. The molecule has 35 heavy (non-hydrogen) atoms. The maximum absolute atomic E-state index is 13.4. The van der Waals surface area contributed by atoms with Crippen LogP contribution in [0.3, 0.4) is 0 Å². The maximum Gasteiger partial charge on any atom is 0.247 e. The molecule has 1 aromatic carbocycles. The molecule has 196 valence electrons. The van der Waals surface area contributed by atoms with Gasteiger partial charge in [0, 0.05) is 6.54 Å². The molecule has 2 amide bonds. The van der Waals surface area contributed by atoms with Crippen molar-refractivity contribution in [3.8, 4) is 0 Å². The number of nitrogens with one attached hydrogen (secondary N) is 2. The number of sulfonamides is 1. The molecule has 1 aliphatic carbocycles. The maximum atomic E-state index is 13.4. The van der Waals surface area contributed by atoms with E-state index in [4.69, 9.17) is 0 Å². The van der Waals surface area contributed by atoms with Gasteiger partial charge in [-0.1, -0.05) is 88.4 Å². The van der Waals surface area contributed by atoms with Gasteiger partial charge >= 0.3 is 0 Å². The SMILES string of the molecule is CC(C)C[C@@H](C(=O)NN(CCC1CCCCC1)S(C)(=O)=O)[C@H](C/C=C/c1ccccc1)C(=O)NO. The van der Waals surface area contributed by atoms with Gasteiger partial charge in [-0.2, -0.15) is 0 Å². The molecule has 8 nitrogen and oxygen atoms in total. The van der Waals surface area contributed by atoms with Crippen molar-refractivity contribution in [3.63, 3.8) is 0 Å². The quantitative estimate of drug-likeness (QED) is 0.274. The third kappa shape index (κ3) is 10.1. The highest BCUT2D eigenvalue weighted by Gasteiger charge is 2.35. The topological polar surface area (TPSA) is 116 Å². The lowest BCUT2D eigenvalue weighted by Crippen LogP contribution is -2.51. The Morgan fingerprint density at radius 2 is 1.74 bits per heavy atom. The van der Waals surface area contributed by atoms with Crippen LogP contribution in [0.25, 0.3) is 6.08 Å². The van der Waals surface area contributed by atoms with Gasteiger partial charge in [-0.05, 0) is 36.7 Å². The fourth-order valence-electron chi connectivity index (χ4n) is 4.70. The molecule has 0 bridgehead atoms. The molecule has 1 aromatic rings. The predicted molar refractivity (Wildman–Crippen MR) is 137 cm³/mol. The fourth-order valence-corrected chi connectivity index (χ4v) is 5.39. The van der Waals surface area contributed by atoms with Crippen molar-refractivity contribution in [1.82, 2.24) is 15.3 Å². The van der Waals surface area contributed by atoms with E-state index in [0.717, 1.165) is 41.9 Å². The summed E-state index contributed by atoms with van der Waals surface area (Å²) in [7, 11) is -3.69. The van der Waals surface area contributed by atoms with Crippen molar-refractivity contribution in [2.45, 2.75) is 65.2 Å². The van der Waals surface area contributed by atoms with Gasteiger partial charge in [-0.25, -0.2) is 13.9 Å². The average Bonchev–Trinajstić information content (AvgIpc) is 2.83. The molecule has 0 aliphatic heterocycles. The van der Waals surface area contributed by atoms with Crippen LogP contribution < -0.4 is 10.9 Å². The van der Waals surface area contributed by atoms with Gasteiger partial charge in [0.1, 0.15) is 0 Å². The molecule has 0 aromatic heterocycles. The second kappa shape index (κ2) is 14.4. The number of hydrogen-bond acceptors (Lipinski definition) is 5. The molecule has 3 N–H and O–H groups in total. The number of carbonyl (C=O) groups excluding carboxylic acids is 2. The van der Waals surface area contributed by atoms with E-state index in [0.29, 0.717) is 18.8 Å². The lowest BCUT2D eigenvalue weighted by Gasteiger charge is -2.30. The van der Waals surface area contributed by atoms with E-state index in [-0.39, 0.29) is 18.9 Å². The van der Waals surface area contributed by atoms with Crippen LogP contribution in [0, 0.1) is 23.7 Å². The number of allylic oxidation sites excluding steroid dienone is 1. The minimum Gasteiger partial charge on any atom is -0.289 e. The molecule has 1 aliphatic rings. The van der Waals surface area contributed by atoms with Crippen LogP contribution in [0.15, 0.2) is 36.4 Å². The van der Waals surface area contributed by atoms with Crippen molar-refractivity contribution >= 4 is 27.9 Å². The summed E-state index contributed by atoms with van der Waals surface area (Å²) < 4.78 is 25.9. The zero-order valence-electron chi connectivity index (χ0n) is 21.2. The van der Waals surface area contributed by atoms with Crippen molar-refractivity contribution < 1.29 is 23.2 Å². The molecule has 0 spiro atoms. The highest BCUT2D eigenvalue weighted by atomic mass is 32.2. The Kier molecular flexibility index (Phi) is 11.9. The number of hydroxylamine groups is 1. The van der Waals surface area contributed by atoms with E-state index in [9.17, 15) is 23.2 Å². The summed E-state index contributed by atoms with van der Waals surface area (Å²) in [5, 5.41) is 9.36. The lowest BCUT2D eigenvalue weighted by molar-refractivity contribution is -0.141. The molecular weight excluding hydrogens is 466 g/mol. The number of hydrogen-bond donors (Lipinski definition) is 3. The molecule has 0 radical (unpaired) electrons. The van der Waals surface area contributed by atoms with Gasteiger partial charge in [0.15, 0.2) is 0 Å². The number of hydrazine groups is 1. The Hall–Kier alpha value is -2.23. The van der Waals surface area contributed by atoms with Crippen LogP contribution in [0.1, 0.15) is 70.8 Å². The minimum absolute atomic E-state index is 0.0757. The average molecular weight is 508 g/mol. The summed E-state index contributed by atoms with van der Waals surface area (Å²) in [5.74, 6) is -2.35. The first-order chi connectivity index (χ1) is 16.6. The summed E-state index contributed by atoms with van der Waals surface area (Å²) in [6.07, 6.45) is 11.7. The second-order valence-electron chi connectivity index (χ2n) is 9.97. The molecule has 2 rings (SSSR count). The summed E-state index contributed by atoms with van der Waals surface area (Å²) >= 11 is 0. The molecule has 2 atom stereocenters. The standard InChI is InChI=1S/C26H41N3O5S/c1-20(2)19-24(23(26(31)28-32)16-10-15-21-11-6-4-7-12-21)25(30)27-29(35(3,33)34)18-17-22-13-8-5-9-14-22/h4,6-7,10-12,15,20,22-24,32H,5,8-9,13-14,16-19H2,1-3H3,(H,27,30)(H,28,31)/b15-10+/t23-,24+/m0/s1. The first-order valence-corrected chi connectivity index (χ1v) is 14.4. The lowest BCUT2D eigenvalue weighted by atomic mass is 9.82. The Morgan fingerprint density at radius 1 is 1.09 bits per heavy atom. The van der Waals surface area contributed by atoms with E-state index in [1.807, 2.05) is 50.3 Å². The monoisotopic (exact) mass is 507 g/mol. The zero-order chi connectivity index (χ0) is 25.8. The van der Waals surface area contributed by atoms with Gasteiger partial charge in [0.05, 0.1) is 18.1 Å². The molecule has 0 heterocycles. The fraction of sp³-hybridized carbons (Fsp3) is 0.615. The highest BCUT2D eigenvalue weighted by molar-refractivity contribution is 7.88. The summed E-state index contributed by atoms with van der Waals surface area (Å²) in [6.45, 7) is 4.07. The number of carbonyl (C=O) groups is 2. The number of amides is 2. The molecule has 0 unspecified atom stereocenters. The van der Waals surface area contributed by atoms with E-state index in [2.05, 4.69) is 5.43 Å². The Balaban J connectivity index is 2.18. The smallest absolute Gasteiger partial charge is 0.247 e. The highest BCUT2D eigenvalue weighted by Crippen LogP contribution is 2.28. The molecular formula is C26H41N3O5S. The van der Waals surface area contributed by atoms with Gasteiger partial charge in [0.25, 0.3) is 0 Å². The number of nitrogens with zero attached hydrogens (tertiary/aromatic N) is 1. The predicted octanol–water partition coefficient (Wildman–Crippen LogP) is 4.14. The first-order valence-electron chi connectivity index (χ1n) is 12.6. The van der Waals surface area contributed by atoms with Crippen molar-refractivity contribution in [2.24, 2.45) is 23.7 Å². The van der Waals surface area contributed by atoms with Crippen molar-refractivity contribution in [2.75, 3.05) is 12.8 Å². The first kappa shape index (κ1) is 29.0. The van der Waals surface area contributed by atoms with Crippen molar-refractivity contribution in [1.29, 1.82) is 0 Å². The van der Waals surface area contributed by atoms with Gasteiger partial charge in [0.2, 0.25) is 21.8 Å².